The predicted octanol–water partition coefficient (Wildman–Crippen LogP) is 3.42. The second kappa shape index (κ2) is 6.25. The second-order valence-corrected chi connectivity index (χ2v) is 4.25. The Hall–Kier alpha value is -2.00. The fraction of sp³-hybridized carbons (Fsp3) is 0.250. The predicted molar refractivity (Wildman–Crippen MR) is 73.1 cm³/mol. The van der Waals surface area contributed by atoms with Gasteiger partial charge in [-0.2, -0.15) is 0 Å². The van der Waals surface area contributed by atoms with E-state index in [0.717, 1.165) is 11.3 Å². The molecule has 0 saturated heterocycles. The van der Waals surface area contributed by atoms with Gasteiger partial charge in [-0.25, -0.2) is 5.11 Å². The van der Waals surface area contributed by atoms with E-state index in [2.05, 4.69) is 0 Å². The summed E-state index contributed by atoms with van der Waals surface area (Å²) in [6.45, 7) is 0. The van der Waals surface area contributed by atoms with Crippen molar-refractivity contribution in [3.63, 3.8) is 0 Å². The molecule has 0 aliphatic carbocycles. The lowest BCUT2D eigenvalue weighted by Crippen LogP contribution is -2.04. The summed E-state index contributed by atoms with van der Waals surface area (Å²) in [5.41, 5.74) is 1.59. The van der Waals surface area contributed by atoms with Gasteiger partial charge in [0.1, 0.15) is 17.6 Å². The van der Waals surface area contributed by atoms with E-state index in [1.54, 1.807) is 14.2 Å². The molecule has 2 aromatic carbocycles. The van der Waals surface area contributed by atoms with Crippen LogP contribution in [-0.2, 0) is 11.5 Å². The van der Waals surface area contributed by atoms with Crippen LogP contribution in [0.15, 0.2) is 48.5 Å². The normalized spacial score (nSPS) is 11.9. The third-order valence-corrected chi connectivity index (χ3v) is 3.08. The molecule has 0 N–H and O–H groups in total. The maximum atomic E-state index is 12.4. The van der Waals surface area contributed by atoms with Crippen molar-refractivity contribution in [3.8, 4) is 11.5 Å². The van der Waals surface area contributed by atoms with Crippen molar-refractivity contribution < 1.29 is 14.6 Å². The summed E-state index contributed by atoms with van der Waals surface area (Å²) >= 11 is 0. The fourth-order valence-corrected chi connectivity index (χ4v) is 2.11. The topological polar surface area (TPSA) is 38.4 Å². The van der Waals surface area contributed by atoms with Crippen LogP contribution >= 0.6 is 0 Å². The van der Waals surface area contributed by atoms with E-state index in [4.69, 9.17) is 9.47 Å². The van der Waals surface area contributed by atoms with Crippen molar-refractivity contribution in [1.29, 1.82) is 0 Å². The van der Waals surface area contributed by atoms with Crippen molar-refractivity contribution in [2.45, 2.75) is 12.5 Å². The Morgan fingerprint density at radius 3 is 2.16 bits per heavy atom. The van der Waals surface area contributed by atoms with Gasteiger partial charge in [-0.05, 0) is 17.7 Å². The monoisotopic (exact) mass is 257 g/mol. The highest BCUT2D eigenvalue weighted by atomic mass is 16.5. The average Bonchev–Trinajstić information content (AvgIpc) is 2.47. The molecule has 2 rings (SSSR count). The highest BCUT2D eigenvalue weighted by Gasteiger charge is 2.16. The van der Waals surface area contributed by atoms with Crippen molar-refractivity contribution in [3.05, 3.63) is 59.7 Å². The van der Waals surface area contributed by atoms with E-state index in [1.165, 1.54) is 0 Å². The largest absolute Gasteiger partial charge is 0.496 e. The molecule has 1 radical (unpaired) electrons. The van der Waals surface area contributed by atoms with Crippen molar-refractivity contribution >= 4 is 0 Å². The molecular formula is C16H17O3. The Bertz CT molecular complexity index is 537. The Kier molecular flexibility index (Phi) is 4.42. The van der Waals surface area contributed by atoms with E-state index in [-0.39, 0.29) is 0 Å². The number of ether oxygens (including phenoxy) is 2. The van der Waals surface area contributed by atoms with Crippen LogP contribution in [0.4, 0.5) is 0 Å². The fourth-order valence-electron chi connectivity index (χ4n) is 2.11. The first kappa shape index (κ1) is 13.4. The molecular weight excluding hydrogens is 240 g/mol. The molecule has 3 heteroatoms. The van der Waals surface area contributed by atoms with E-state index < -0.39 is 6.10 Å². The Morgan fingerprint density at radius 1 is 0.895 bits per heavy atom. The number of hydrogen-bond acceptors (Lipinski definition) is 2. The van der Waals surface area contributed by atoms with E-state index in [1.807, 2.05) is 48.5 Å². The van der Waals surface area contributed by atoms with Crippen LogP contribution in [0.1, 0.15) is 17.2 Å². The van der Waals surface area contributed by atoms with E-state index in [9.17, 15) is 5.11 Å². The average molecular weight is 257 g/mol. The smallest absolute Gasteiger partial charge is 0.126 e. The Balaban J connectivity index is 2.23. The van der Waals surface area contributed by atoms with Crippen LogP contribution in [0.25, 0.3) is 0 Å². The minimum Gasteiger partial charge on any atom is -0.496 e. The standard InChI is InChI=1S/C16H17O3/c1-18-15-9-5-3-7-12(15)11-14(17)13-8-4-6-10-16(13)19-2/h3-10,14H,11H2,1-2H3. The summed E-state index contributed by atoms with van der Waals surface area (Å²) in [7, 11) is 3.19. The summed E-state index contributed by atoms with van der Waals surface area (Å²) in [4.78, 5) is 0. The van der Waals surface area contributed by atoms with Crippen molar-refractivity contribution in [1.82, 2.24) is 0 Å². The van der Waals surface area contributed by atoms with Gasteiger partial charge in [0.25, 0.3) is 0 Å². The van der Waals surface area contributed by atoms with Gasteiger partial charge in [0, 0.05) is 12.0 Å². The molecule has 0 aromatic heterocycles. The minimum atomic E-state index is -0.868. The van der Waals surface area contributed by atoms with E-state index >= 15 is 0 Å². The van der Waals surface area contributed by atoms with Gasteiger partial charge in [-0.1, -0.05) is 36.4 Å². The van der Waals surface area contributed by atoms with Crippen LogP contribution in [0.2, 0.25) is 0 Å². The molecule has 3 nitrogen and oxygen atoms in total. The van der Waals surface area contributed by atoms with Crippen LogP contribution in [0.3, 0.4) is 0 Å². The molecule has 1 atom stereocenters. The highest BCUT2D eigenvalue weighted by molar-refractivity contribution is 5.38. The summed E-state index contributed by atoms with van der Waals surface area (Å²) in [5.74, 6) is 1.38. The first-order valence-electron chi connectivity index (χ1n) is 6.17. The third kappa shape index (κ3) is 3.06. The van der Waals surface area contributed by atoms with Gasteiger partial charge < -0.3 is 9.47 Å². The molecule has 99 valence electrons. The van der Waals surface area contributed by atoms with Crippen LogP contribution in [-0.4, -0.2) is 14.2 Å². The van der Waals surface area contributed by atoms with Gasteiger partial charge >= 0.3 is 0 Å². The molecule has 0 fully saturated rings. The maximum absolute atomic E-state index is 12.4. The van der Waals surface area contributed by atoms with Crippen LogP contribution < -0.4 is 9.47 Å². The quantitative estimate of drug-likeness (QED) is 0.823. The molecule has 2 aromatic rings. The maximum Gasteiger partial charge on any atom is 0.126 e. The SMILES string of the molecule is COc1ccccc1CC([O])c1ccccc1OC. The molecule has 19 heavy (non-hydrogen) atoms. The summed E-state index contributed by atoms with van der Waals surface area (Å²) in [6, 6.07) is 14.9. The number of methoxy groups -OCH3 is 2. The Morgan fingerprint density at radius 2 is 1.47 bits per heavy atom. The molecule has 0 aliphatic rings. The molecule has 0 saturated carbocycles. The first-order valence-corrected chi connectivity index (χ1v) is 6.17. The van der Waals surface area contributed by atoms with Gasteiger partial charge in [0.05, 0.1) is 14.2 Å². The van der Waals surface area contributed by atoms with Crippen LogP contribution in [0, 0.1) is 0 Å². The number of para-hydroxylation sites is 2. The lowest BCUT2D eigenvalue weighted by molar-refractivity contribution is 0.0864. The second-order valence-electron chi connectivity index (χ2n) is 4.25. The first-order chi connectivity index (χ1) is 9.26. The van der Waals surface area contributed by atoms with Crippen molar-refractivity contribution in [2.24, 2.45) is 0 Å². The molecule has 0 aliphatic heterocycles. The van der Waals surface area contributed by atoms with Gasteiger partial charge in [-0.3, -0.25) is 0 Å². The van der Waals surface area contributed by atoms with Gasteiger partial charge in [0.2, 0.25) is 0 Å². The van der Waals surface area contributed by atoms with Gasteiger partial charge in [-0.15, -0.1) is 0 Å². The zero-order valence-corrected chi connectivity index (χ0v) is 11.1. The minimum absolute atomic E-state index is 0.379. The summed E-state index contributed by atoms with van der Waals surface area (Å²) in [5, 5.41) is 12.4. The zero-order chi connectivity index (χ0) is 13.7. The Labute approximate surface area is 113 Å². The zero-order valence-electron chi connectivity index (χ0n) is 11.1. The molecule has 0 amide bonds. The number of hydrogen-bond donors (Lipinski definition) is 0. The third-order valence-electron chi connectivity index (χ3n) is 3.08. The summed E-state index contributed by atoms with van der Waals surface area (Å²) < 4.78 is 10.5. The van der Waals surface area contributed by atoms with E-state index in [0.29, 0.717) is 17.7 Å². The molecule has 0 bridgehead atoms. The van der Waals surface area contributed by atoms with Crippen molar-refractivity contribution in [2.75, 3.05) is 14.2 Å². The number of benzene rings is 2. The molecule has 0 heterocycles. The molecule has 1 unspecified atom stereocenters. The molecule has 0 spiro atoms. The summed E-state index contributed by atoms with van der Waals surface area (Å²) in [6.07, 6.45) is -0.489. The lowest BCUT2D eigenvalue weighted by Gasteiger charge is -2.14. The lowest BCUT2D eigenvalue weighted by atomic mass is 10.00. The van der Waals surface area contributed by atoms with Crippen LogP contribution in [0.5, 0.6) is 11.5 Å². The number of rotatable bonds is 5. The van der Waals surface area contributed by atoms with Gasteiger partial charge in [0.15, 0.2) is 0 Å². The highest BCUT2D eigenvalue weighted by Crippen LogP contribution is 2.30.